The quantitative estimate of drug-likeness (QED) is 0.227. The van der Waals surface area contributed by atoms with Crippen molar-refractivity contribution in [2.75, 3.05) is 6.79 Å². The summed E-state index contributed by atoms with van der Waals surface area (Å²) in [7, 11) is 0. The number of carboxylic acid groups (broad SMARTS) is 1. The van der Waals surface area contributed by atoms with Crippen LogP contribution in [0.1, 0.15) is 119 Å². The Labute approximate surface area is 404 Å². The zero-order valence-electron chi connectivity index (χ0n) is 41.0. The van der Waals surface area contributed by atoms with Gasteiger partial charge in [0, 0.05) is 61.2 Å². The summed E-state index contributed by atoms with van der Waals surface area (Å²) in [6.45, 7) is 16.1. The van der Waals surface area contributed by atoms with Crippen molar-refractivity contribution in [1.29, 1.82) is 0 Å². The van der Waals surface area contributed by atoms with Crippen molar-refractivity contribution in [3.8, 4) is 11.5 Å². The Bertz CT molecular complexity index is 2420. The van der Waals surface area contributed by atoms with Crippen LogP contribution in [0.2, 0.25) is 0 Å². The number of fused-ring (bicyclic) bond motifs is 15. The lowest BCUT2D eigenvalue weighted by molar-refractivity contribution is -0.246. The van der Waals surface area contributed by atoms with Crippen molar-refractivity contribution in [3.63, 3.8) is 0 Å². The Balaban J connectivity index is 1.45. The van der Waals surface area contributed by atoms with Gasteiger partial charge in [-0.25, -0.2) is 0 Å². The minimum Gasteiger partial charge on any atom is -0.507 e. The first-order valence-corrected chi connectivity index (χ1v) is 23.1. The molecule has 0 saturated carbocycles. The highest BCUT2D eigenvalue weighted by molar-refractivity contribution is 6.30. The number of benzene rings is 1. The number of amides is 1. The third kappa shape index (κ3) is 10.8. The van der Waals surface area contributed by atoms with Crippen molar-refractivity contribution in [1.82, 2.24) is 5.32 Å². The van der Waals surface area contributed by atoms with E-state index in [0.717, 1.165) is 12.3 Å². The minimum absolute atomic E-state index is 0.0225. The van der Waals surface area contributed by atoms with Crippen LogP contribution in [0.15, 0.2) is 47.9 Å². The van der Waals surface area contributed by atoms with Gasteiger partial charge in [0.25, 0.3) is 11.7 Å². The van der Waals surface area contributed by atoms with E-state index in [1.807, 2.05) is 0 Å². The molecule has 5 aliphatic heterocycles. The van der Waals surface area contributed by atoms with Gasteiger partial charge >= 0.3 is 23.7 Å². The molecule has 5 bridgehead atoms. The zero-order valence-corrected chi connectivity index (χ0v) is 41.0. The molecule has 1 aromatic carbocycles. The van der Waals surface area contributed by atoms with Gasteiger partial charge < -0.3 is 63.6 Å². The standard InChI is InChI=1S/C50H63NO19/c1-21-13-12-14-29(26(6)67-48(62)49(9,10)19-34(54)55)40(57)23(3)39(56)24(4)43(68-28(8)52)22(2)32(69-35-18-33-45(27(7)66-35)64-20-63-33)15-16-65-50(11)46(60)38-36-31(53)17-30(51-47(21)61)42(59)37(36)41(58)25(5)44(38)70-50/h12-17,22-24,26-27,29,32-33,35,39-40,43,45,56-58H,18-20H2,1-11H3,(H,51,61)(H,54,55)/b14-12-,16-15-,21-13-/t22-,23-,24+,26-,27+,29-,32+,33+,35-,39+,40-,43+,45-,50-/m1/s1. The number of carbonyl (C=O) groups excluding carboxylic acids is 6. The number of phenols is 1. The SMILES string of the molecule is CC(=O)O[C@@H]1[C@@H](C)[C@@H](O)[C@@H](C)[C@@H](O)[C@@H]([C@@H](C)OC(=O)C(C)(C)CC(=O)O)/C=C\C=C(\C)C(=O)NC2=CC(=O)c3c(c(O)c(C)c4c3C(=O)[C@](C)(O/C=C\[C@H](O[C@@H]3C[C@@H]5OCO[C@@H]5[C@H](C)O3)[C@H]1C)O4)C2=O. The summed E-state index contributed by atoms with van der Waals surface area (Å²) in [4.78, 5) is 93.6. The van der Waals surface area contributed by atoms with Gasteiger partial charge in [-0.2, -0.15) is 0 Å². The Morgan fingerprint density at radius 2 is 1.64 bits per heavy atom. The molecule has 20 nitrogen and oxygen atoms in total. The van der Waals surface area contributed by atoms with Crippen LogP contribution in [0.5, 0.6) is 11.5 Å². The van der Waals surface area contributed by atoms with Crippen molar-refractivity contribution in [3.05, 3.63) is 70.2 Å². The number of carbonyl (C=O) groups is 7. The van der Waals surface area contributed by atoms with Gasteiger partial charge in [-0.15, -0.1) is 0 Å². The van der Waals surface area contributed by atoms with Gasteiger partial charge in [-0.1, -0.05) is 39.0 Å². The third-order valence-electron chi connectivity index (χ3n) is 13.8. The van der Waals surface area contributed by atoms with E-state index in [0.29, 0.717) is 0 Å². The maximum absolute atomic E-state index is 14.4. The second-order valence-corrected chi connectivity index (χ2v) is 19.5. The second-order valence-electron chi connectivity index (χ2n) is 19.5. The Morgan fingerprint density at radius 1 is 0.957 bits per heavy atom. The van der Waals surface area contributed by atoms with E-state index in [9.17, 15) is 54.0 Å². The number of nitrogens with one attached hydrogen (secondary N) is 1. The van der Waals surface area contributed by atoms with Gasteiger partial charge in [0.15, 0.2) is 12.1 Å². The van der Waals surface area contributed by atoms with Crippen LogP contribution in [0.25, 0.3) is 0 Å². The maximum Gasteiger partial charge on any atom is 0.312 e. The number of ether oxygens (including phenoxy) is 8. The van der Waals surface area contributed by atoms with Crippen LogP contribution in [0.4, 0.5) is 0 Å². The van der Waals surface area contributed by atoms with Crippen LogP contribution >= 0.6 is 0 Å². The number of hydrogen-bond donors (Lipinski definition) is 5. The van der Waals surface area contributed by atoms with E-state index in [2.05, 4.69) is 5.32 Å². The minimum atomic E-state index is -2.18. The lowest BCUT2D eigenvalue weighted by Gasteiger charge is -2.41. The number of Topliss-reactive ketones (excluding diaryl/α,β-unsaturated/α-hetero) is 2. The van der Waals surface area contributed by atoms with Gasteiger partial charge in [0.1, 0.15) is 36.6 Å². The van der Waals surface area contributed by atoms with Crippen LogP contribution in [-0.4, -0.2) is 129 Å². The molecule has 7 rings (SSSR count). The van der Waals surface area contributed by atoms with E-state index >= 15 is 0 Å². The summed E-state index contributed by atoms with van der Waals surface area (Å²) in [5.41, 5.74) is -3.40. The summed E-state index contributed by atoms with van der Waals surface area (Å²) in [5, 5.41) is 47.5. The number of allylic oxidation sites excluding steroid dienone is 4. The molecule has 20 heteroatoms. The van der Waals surface area contributed by atoms with Gasteiger partial charge in [0.05, 0.1) is 71.0 Å². The molecule has 0 radical (unpaired) electrons. The molecule has 0 aromatic heterocycles. The molecule has 5 N–H and O–H groups in total. The number of hydrogen-bond acceptors (Lipinski definition) is 18. The molecular formula is C50H63NO19. The molecule has 1 amide bonds. The topological polar surface area (TPSA) is 286 Å². The highest BCUT2D eigenvalue weighted by Gasteiger charge is 2.52. The van der Waals surface area contributed by atoms with Gasteiger partial charge in [-0.3, -0.25) is 33.6 Å². The average Bonchev–Trinajstić information content (AvgIpc) is 3.86. The molecule has 1 aromatic rings. The number of aromatic hydroxyl groups is 1. The fraction of sp³-hybridized carbons (Fsp3) is 0.580. The molecule has 5 heterocycles. The predicted octanol–water partition coefficient (Wildman–Crippen LogP) is 4.29. The van der Waals surface area contributed by atoms with E-state index in [-0.39, 0.29) is 47.9 Å². The molecule has 2 fully saturated rings. The summed E-state index contributed by atoms with van der Waals surface area (Å²) in [6.07, 6.45) is -1.45. The third-order valence-corrected chi connectivity index (χ3v) is 13.8. The molecule has 0 unspecified atom stereocenters. The fourth-order valence-electron chi connectivity index (χ4n) is 9.48. The van der Waals surface area contributed by atoms with Gasteiger partial charge in [0.2, 0.25) is 5.78 Å². The molecule has 1 aliphatic carbocycles. The summed E-state index contributed by atoms with van der Waals surface area (Å²) in [5.74, 6) is -13.6. The smallest absolute Gasteiger partial charge is 0.312 e. The number of aliphatic hydroxyl groups excluding tert-OH is 2. The normalized spacial score (nSPS) is 34.9. The Hall–Kier alpha value is -5.77. The number of aliphatic carboxylic acids is 1. The Morgan fingerprint density at radius 3 is 2.30 bits per heavy atom. The van der Waals surface area contributed by atoms with Crippen LogP contribution < -0.4 is 10.1 Å². The summed E-state index contributed by atoms with van der Waals surface area (Å²) < 4.78 is 48.0. The largest absolute Gasteiger partial charge is 0.507 e. The number of esters is 2. The lowest BCUT2D eigenvalue weighted by Crippen LogP contribution is -2.50. The molecular weight excluding hydrogens is 919 g/mol. The van der Waals surface area contributed by atoms with Crippen LogP contribution in [0.3, 0.4) is 0 Å². The number of aliphatic hydroxyl groups is 2. The fourth-order valence-corrected chi connectivity index (χ4v) is 9.48. The van der Waals surface area contributed by atoms with Crippen molar-refractivity contribution in [2.24, 2.45) is 29.1 Å². The monoisotopic (exact) mass is 981 g/mol. The number of carboxylic acids is 1. The lowest BCUT2D eigenvalue weighted by atomic mass is 9.77. The molecule has 0 spiro atoms. The van der Waals surface area contributed by atoms with Crippen molar-refractivity contribution < 1.29 is 91.9 Å². The highest BCUT2D eigenvalue weighted by atomic mass is 16.7. The van der Waals surface area contributed by atoms with Crippen molar-refractivity contribution in [2.45, 2.75) is 150 Å². The first-order chi connectivity index (χ1) is 32.7. The first kappa shape index (κ1) is 53.6. The molecule has 14 atom stereocenters. The Kier molecular flexibility index (Phi) is 16.0. The van der Waals surface area contributed by atoms with Gasteiger partial charge in [-0.05, 0) is 47.6 Å². The van der Waals surface area contributed by atoms with E-state index in [1.165, 1.54) is 79.7 Å². The second kappa shape index (κ2) is 20.9. The summed E-state index contributed by atoms with van der Waals surface area (Å²) in [6, 6.07) is 0. The number of rotatable bonds is 8. The van der Waals surface area contributed by atoms with Crippen LogP contribution in [-0.2, 0) is 52.3 Å². The van der Waals surface area contributed by atoms with Crippen molar-refractivity contribution >= 4 is 41.2 Å². The average molecular weight is 982 g/mol. The van der Waals surface area contributed by atoms with E-state index in [4.69, 9.17) is 37.9 Å². The predicted molar refractivity (Wildman–Crippen MR) is 243 cm³/mol. The zero-order chi connectivity index (χ0) is 51.9. The number of ketones is 3. The van der Waals surface area contributed by atoms with E-state index in [1.54, 1.807) is 20.8 Å². The first-order valence-electron chi connectivity index (χ1n) is 23.1. The molecule has 70 heavy (non-hydrogen) atoms. The highest BCUT2D eigenvalue weighted by Crippen LogP contribution is 2.48. The molecule has 2 saturated heterocycles. The van der Waals surface area contributed by atoms with Crippen LogP contribution in [0, 0.1) is 36.0 Å². The maximum atomic E-state index is 14.4. The van der Waals surface area contributed by atoms with E-state index < -0.39 is 148 Å². The molecule has 6 aliphatic rings. The number of phenolic OH excluding ortho intramolecular Hbond substituents is 1. The summed E-state index contributed by atoms with van der Waals surface area (Å²) >= 11 is 0. The molecule has 382 valence electrons.